The van der Waals surface area contributed by atoms with Gasteiger partial charge in [0.05, 0.1) is 0 Å². The fraction of sp³-hybridized carbons (Fsp3) is 0.158. The van der Waals surface area contributed by atoms with Crippen molar-refractivity contribution in [3.05, 3.63) is 72.3 Å². The van der Waals surface area contributed by atoms with Gasteiger partial charge in [0.1, 0.15) is 24.7 Å². The number of rotatable bonds is 6. The molecule has 0 aromatic heterocycles. The molecule has 118 valence electrons. The minimum Gasteiger partial charge on any atom is -0.489 e. The van der Waals surface area contributed by atoms with Gasteiger partial charge in [0, 0.05) is 6.07 Å². The zero-order chi connectivity index (χ0) is 16.1. The molecule has 4 nitrogen and oxygen atoms in total. The molecule has 3 rings (SSSR count). The van der Waals surface area contributed by atoms with Crippen LogP contribution in [0.5, 0.6) is 11.5 Å². The monoisotopic (exact) mass is 310 g/mol. The lowest BCUT2D eigenvalue weighted by molar-refractivity contribution is -0.0549. The number of aliphatic hydroxyl groups excluding tert-OH is 2. The average Bonchev–Trinajstić information content (AvgIpc) is 2.60. The van der Waals surface area contributed by atoms with Crippen molar-refractivity contribution in [2.75, 3.05) is 6.61 Å². The van der Waals surface area contributed by atoms with E-state index in [1.165, 1.54) is 10.8 Å². The summed E-state index contributed by atoms with van der Waals surface area (Å²) in [5.74, 6) is 1.09. The van der Waals surface area contributed by atoms with Crippen LogP contribution in [0.15, 0.2) is 66.7 Å². The molecule has 1 unspecified atom stereocenters. The van der Waals surface area contributed by atoms with E-state index in [9.17, 15) is 5.11 Å². The second kappa shape index (κ2) is 7.13. The molecule has 0 bridgehead atoms. The van der Waals surface area contributed by atoms with E-state index in [0.29, 0.717) is 18.1 Å². The summed E-state index contributed by atoms with van der Waals surface area (Å²) in [6, 6.07) is 21.4. The van der Waals surface area contributed by atoms with Crippen molar-refractivity contribution in [1.29, 1.82) is 0 Å². The van der Waals surface area contributed by atoms with E-state index in [4.69, 9.17) is 14.6 Å². The molecule has 3 aromatic carbocycles. The Morgan fingerprint density at radius 2 is 1.61 bits per heavy atom. The Morgan fingerprint density at radius 3 is 2.43 bits per heavy atom. The summed E-state index contributed by atoms with van der Waals surface area (Å²) >= 11 is 0. The first-order chi connectivity index (χ1) is 11.2. The Kier molecular flexibility index (Phi) is 4.76. The van der Waals surface area contributed by atoms with Gasteiger partial charge < -0.3 is 19.7 Å². The molecule has 4 heteroatoms. The Hall–Kier alpha value is -2.56. The first kappa shape index (κ1) is 15.3. The quantitative estimate of drug-likeness (QED) is 0.687. The Morgan fingerprint density at radius 1 is 0.826 bits per heavy atom. The van der Waals surface area contributed by atoms with E-state index in [2.05, 4.69) is 24.3 Å². The maximum Gasteiger partial charge on any atom is 0.220 e. The maximum atomic E-state index is 9.30. The maximum absolute atomic E-state index is 9.30. The summed E-state index contributed by atoms with van der Waals surface area (Å²) in [6.07, 6.45) is -1.23. The molecule has 0 radical (unpaired) electrons. The van der Waals surface area contributed by atoms with Crippen LogP contribution in [0, 0.1) is 0 Å². The minimum atomic E-state index is -1.23. The number of ether oxygens (including phenoxy) is 2. The third-order valence-electron chi connectivity index (χ3n) is 3.45. The molecule has 23 heavy (non-hydrogen) atoms. The fourth-order valence-electron chi connectivity index (χ4n) is 2.33. The van der Waals surface area contributed by atoms with E-state index < -0.39 is 12.9 Å². The van der Waals surface area contributed by atoms with Gasteiger partial charge in [0.15, 0.2) is 0 Å². The number of benzene rings is 3. The van der Waals surface area contributed by atoms with Crippen LogP contribution in [0.25, 0.3) is 10.8 Å². The second-order valence-electron chi connectivity index (χ2n) is 5.20. The van der Waals surface area contributed by atoms with Crippen molar-refractivity contribution in [3.63, 3.8) is 0 Å². The normalized spacial score (nSPS) is 12.1. The Balaban J connectivity index is 1.68. The molecule has 0 aliphatic heterocycles. The Labute approximate surface area is 134 Å². The largest absolute Gasteiger partial charge is 0.489 e. The van der Waals surface area contributed by atoms with Gasteiger partial charge in [-0.05, 0) is 34.5 Å². The van der Waals surface area contributed by atoms with E-state index in [1.54, 1.807) is 18.2 Å². The summed E-state index contributed by atoms with van der Waals surface area (Å²) < 4.78 is 10.9. The molecule has 2 N–H and O–H groups in total. The van der Waals surface area contributed by atoms with Crippen molar-refractivity contribution in [2.24, 2.45) is 0 Å². The highest BCUT2D eigenvalue weighted by Gasteiger charge is 2.05. The highest BCUT2D eigenvalue weighted by Crippen LogP contribution is 2.22. The molecule has 0 spiro atoms. The highest BCUT2D eigenvalue weighted by molar-refractivity contribution is 5.82. The predicted octanol–water partition coefficient (Wildman–Crippen LogP) is 3.11. The van der Waals surface area contributed by atoms with Crippen molar-refractivity contribution in [2.45, 2.75) is 12.9 Å². The standard InChI is InChI=1S/C19H18O4/c20-12-19(21)23-18-7-3-6-17(11-18)22-13-14-8-9-15-4-1-2-5-16(15)10-14/h1-11,19-21H,12-13H2. The summed E-state index contributed by atoms with van der Waals surface area (Å²) in [5, 5.41) is 20.5. The van der Waals surface area contributed by atoms with E-state index >= 15 is 0 Å². The van der Waals surface area contributed by atoms with Gasteiger partial charge in [-0.15, -0.1) is 0 Å². The van der Waals surface area contributed by atoms with Crippen molar-refractivity contribution >= 4 is 10.8 Å². The van der Waals surface area contributed by atoms with Gasteiger partial charge in [-0.25, -0.2) is 0 Å². The zero-order valence-electron chi connectivity index (χ0n) is 12.6. The van der Waals surface area contributed by atoms with Crippen LogP contribution in [-0.4, -0.2) is 23.1 Å². The van der Waals surface area contributed by atoms with Crippen molar-refractivity contribution in [1.82, 2.24) is 0 Å². The van der Waals surface area contributed by atoms with Crippen LogP contribution >= 0.6 is 0 Å². The number of hydrogen-bond donors (Lipinski definition) is 2. The lowest BCUT2D eigenvalue weighted by Crippen LogP contribution is -2.19. The molecule has 0 saturated heterocycles. The van der Waals surface area contributed by atoms with Crippen molar-refractivity contribution in [3.8, 4) is 11.5 Å². The zero-order valence-corrected chi connectivity index (χ0v) is 12.6. The van der Waals surface area contributed by atoms with Crippen LogP contribution in [-0.2, 0) is 6.61 Å². The van der Waals surface area contributed by atoms with Gasteiger partial charge >= 0.3 is 0 Å². The van der Waals surface area contributed by atoms with Gasteiger partial charge in [-0.2, -0.15) is 0 Å². The predicted molar refractivity (Wildman–Crippen MR) is 88.4 cm³/mol. The van der Waals surface area contributed by atoms with E-state index in [0.717, 1.165) is 5.56 Å². The van der Waals surface area contributed by atoms with E-state index in [-0.39, 0.29) is 0 Å². The topological polar surface area (TPSA) is 58.9 Å². The smallest absolute Gasteiger partial charge is 0.220 e. The molecule has 0 aliphatic rings. The van der Waals surface area contributed by atoms with Crippen LogP contribution in [0.2, 0.25) is 0 Å². The van der Waals surface area contributed by atoms with Gasteiger partial charge in [-0.1, -0.05) is 42.5 Å². The van der Waals surface area contributed by atoms with Gasteiger partial charge in [0.25, 0.3) is 0 Å². The first-order valence-corrected chi connectivity index (χ1v) is 7.41. The molecule has 0 amide bonds. The summed E-state index contributed by atoms with van der Waals surface area (Å²) in [4.78, 5) is 0. The van der Waals surface area contributed by atoms with Gasteiger partial charge in [-0.3, -0.25) is 0 Å². The molecular formula is C19H18O4. The minimum absolute atomic E-state index is 0.441. The van der Waals surface area contributed by atoms with Gasteiger partial charge in [0.2, 0.25) is 6.29 Å². The molecule has 1 atom stereocenters. The number of aliphatic hydroxyl groups is 2. The third-order valence-corrected chi connectivity index (χ3v) is 3.45. The molecule has 0 aliphatic carbocycles. The van der Waals surface area contributed by atoms with Crippen LogP contribution in [0.4, 0.5) is 0 Å². The SMILES string of the molecule is OCC(O)Oc1cccc(OCc2ccc3ccccc3c2)c1. The number of fused-ring (bicyclic) bond motifs is 1. The molecule has 0 heterocycles. The van der Waals surface area contributed by atoms with Crippen LogP contribution in [0.1, 0.15) is 5.56 Å². The second-order valence-corrected chi connectivity index (χ2v) is 5.20. The lowest BCUT2D eigenvalue weighted by Gasteiger charge is -2.12. The molecule has 0 fully saturated rings. The highest BCUT2D eigenvalue weighted by atomic mass is 16.6. The summed E-state index contributed by atoms with van der Waals surface area (Å²) in [7, 11) is 0. The molecule has 3 aromatic rings. The first-order valence-electron chi connectivity index (χ1n) is 7.41. The van der Waals surface area contributed by atoms with E-state index in [1.807, 2.05) is 24.3 Å². The lowest BCUT2D eigenvalue weighted by atomic mass is 10.1. The van der Waals surface area contributed by atoms with Crippen LogP contribution < -0.4 is 9.47 Å². The summed E-state index contributed by atoms with van der Waals surface area (Å²) in [5.41, 5.74) is 1.07. The fourth-order valence-corrected chi connectivity index (χ4v) is 2.33. The third kappa shape index (κ3) is 4.00. The summed E-state index contributed by atoms with van der Waals surface area (Å²) in [6.45, 7) is -0.0149. The van der Waals surface area contributed by atoms with Crippen molar-refractivity contribution < 1.29 is 19.7 Å². The number of hydrogen-bond acceptors (Lipinski definition) is 4. The average molecular weight is 310 g/mol. The van der Waals surface area contributed by atoms with Crippen LogP contribution in [0.3, 0.4) is 0 Å². The molecular weight excluding hydrogens is 292 g/mol. The molecule has 0 saturated carbocycles. The Bertz CT molecular complexity index is 785.